The Hall–Kier alpha value is -3.44. The lowest BCUT2D eigenvalue weighted by molar-refractivity contribution is -0.384. The van der Waals surface area contributed by atoms with Crippen molar-refractivity contribution in [3.63, 3.8) is 0 Å². The summed E-state index contributed by atoms with van der Waals surface area (Å²) in [5.74, 6) is -0.222. The number of hydrogen-bond donors (Lipinski definition) is 2. The van der Waals surface area contributed by atoms with E-state index in [-0.39, 0.29) is 17.2 Å². The number of non-ortho nitro benzene ring substituents is 1. The average molecular weight is 520 g/mol. The average Bonchev–Trinajstić information content (AvgIpc) is 2.75. The molecule has 1 amide bonds. The molecule has 0 aliphatic rings. The molecule has 0 atom stereocenters. The third-order valence-corrected chi connectivity index (χ3v) is 6.23. The Balaban J connectivity index is 1.60. The number of carbonyl (C=O) groups excluding carboxylic acids is 1. The minimum Gasteiger partial charge on any atom is -0.484 e. The number of carbonyl (C=O) groups is 1. The molecule has 0 unspecified atom stereocenters. The monoisotopic (exact) mass is 519 g/mol. The van der Waals surface area contributed by atoms with Gasteiger partial charge in [0.25, 0.3) is 21.6 Å². The molecule has 9 nitrogen and oxygen atoms in total. The summed E-state index contributed by atoms with van der Waals surface area (Å²) in [7, 11) is -3.79. The van der Waals surface area contributed by atoms with E-state index in [1.807, 2.05) is 0 Å². The maximum absolute atomic E-state index is 12.5. The molecule has 166 valence electrons. The molecule has 3 rings (SSSR count). The van der Waals surface area contributed by atoms with Crippen LogP contribution in [-0.4, -0.2) is 25.9 Å². The van der Waals surface area contributed by atoms with Gasteiger partial charge in [-0.1, -0.05) is 22.0 Å². The lowest BCUT2D eigenvalue weighted by Crippen LogP contribution is -2.20. The lowest BCUT2D eigenvalue weighted by Gasteiger charge is -2.11. The number of nitrogens with one attached hydrogen (secondary N) is 2. The maximum Gasteiger partial charge on any atom is 0.271 e. The van der Waals surface area contributed by atoms with Crippen LogP contribution in [0.15, 0.2) is 76.1 Å². The van der Waals surface area contributed by atoms with Crippen molar-refractivity contribution < 1.29 is 22.9 Å². The summed E-state index contributed by atoms with van der Waals surface area (Å²) in [4.78, 5) is 22.5. The van der Waals surface area contributed by atoms with E-state index < -0.39 is 20.9 Å². The molecule has 0 saturated heterocycles. The van der Waals surface area contributed by atoms with Gasteiger partial charge in [0.15, 0.2) is 6.61 Å². The van der Waals surface area contributed by atoms with E-state index >= 15 is 0 Å². The highest BCUT2D eigenvalue weighted by atomic mass is 79.9. The lowest BCUT2D eigenvalue weighted by atomic mass is 10.2. The number of nitro groups is 1. The van der Waals surface area contributed by atoms with Crippen LogP contribution in [0.5, 0.6) is 5.75 Å². The predicted octanol–water partition coefficient (Wildman–Crippen LogP) is 4.48. The van der Waals surface area contributed by atoms with Gasteiger partial charge in [0.2, 0.25) is 0 Å². The van der Waals surface area contributed by atoms with Crippen molar-refractivity contribution in [3.05, 3.63) is 86.9 Å². The summed E-state index contributed by atoms with van der Waals surface area (Å²) in [5.41, 5.74) is 1.26. The molecule has 2 N–H and O–H groups in total. The zero-order valence-corrected chi connectivity index (χ0v) is 19.1. The van der Waals surface area contributed by atoms with Crippen LogP contribution < -0.4 is 14.8 Å². The Bertz CT molecular complexity index is 1250. The first-order chi connectivity index (χ1) is 15.1. The Morgan fingerprint density at radius 1 is 1.06 bits per heavy atom. The summed E-state index contributed by atoms with van der Waals surface area (Å²) in [6, 6.07) is 16.4. The minimum atomic E-state index is -3.79. The number of ether oxygens (including phenoxy) is 1. The van der Waals surface area contributed by atoms with Gasteiger partial charge >= 0.3 is 0 Å². The first kappa shape index (κ1) is 23.2. The van der Waals surface area contributed by atoms with Crippen LogP contribution in [0.25, 0.3) is 0 Å². The van der Waals surface area contributed by atoms with Crippen molar-refractivity contribution in [3.8, 4) is 5.75 Å². The second-order valence-corrected chi connectivity index (χ2v) is 9.28. The SMILES string of the molecule is Cc1ccc([N+](=O)[O-])cc1NC(=O)COc1ccc(S(=O)(=O)Nc2ccc(Br)cc2)cc1. The van der Waals surface area contributed by atoms with Crippen LogP contribution in [0.2, 0.25) is 0 Å². The smallest absolute Gasteiger partial charge is 0.271 e. The van der Waals surface area contributed by atoms with Crippen molar-refractivity contribution in [1.29, 1.82) is 0 Å². The summed E-state index contributed by atoms with van der Waals surface area (Å²) < 4.78 is 33.7. The van der Waals surface area contributed by atoms with E-state index in [0.717, 1.165) is 4.47 Å². The number of rotatable bonds is 8. The van der Waals surface area contributed by atoms with E-state index in [2.05, 4.69) is 26.0 Å². The van der Waals surface area contributed by atoms with Gasteiger partial charge in [-0.25, -0.2) is 8.42 Å². The van der Waals surface area contributed by atoms with Gasteiger partial charge in [-0.2, -0.15) is 0 Å². The quantitative estimate of drug-likeness (QED) is 0.333. The molecule has 3 aromatic carbocycles. The Morgan fingerprint density at radius 3 is 2.34 bits per heavy atom. The summed E-state index contributed by atoms with van der Waals surface area (Å²) in [5, 5.41) is 13.5. The second-order valence-electron chi connectivity index (χ2n) is 6.68. The molecule has 0 radical (unpaired) electrons. The van der Waals surface area contributed by atoms with Gasteiger partial charge in [0.05, 0.1) is 15.5 Å². The Labute approximate surface area is 192 Å². The molecule has 0 bridgehead atoms. The first-order valence-electron chi connectivity index (χ1n) is 9.20. The second kappa shape index (κ2) is 9.79. The fourth-order valence-electron chi connectivity index (χ4n) is 2.64. The van der Waals surface area contributed by atoms with E-state index in [1.54, 1.807) is 31.2 Å². The van der Waals surface area contributed by atoms with Crippen LogP contribution in [0.4, 0.5) is 17.1 Å². The number of aryl methyl sites for hydroxylation is 1. The van der Waals surface area contributed by atoms with Crippen molar-refractivity contribution in [2.24, 2.45) is 0 Å². The highest BCUT2D eigenvalue weighted by Gasteiger charge is 2.15. The summed E-state index contributed by atoms with van der Waals surface area (Å²) in [6.07, 6.45) is 0. The van der Waals surface area contributed by atoms with E-state index in [4.69, 9.17) is 4.74 Å². The van der Waals surface area contributed by atoms with Gasteiger partial charge in [-0.15, -0.1) is 0 Å². The molecular formula is C21H18BrN3O6S. The highest BCUT2D eigenvalue weighted by Crippen LogP contribution is 2.23. The number of halogens is 1. The molecule has 0 aliphatic carbocycles. The fourth-order valence-corrected chi connectivity index (χ4v) is 3.96. The summed E-state index contributed by atoms with van der Waals surface area (Å²) >= 11 is 3.29. The van der Waals surface area contributed by atoms with E-state index in [0.29, 0.717) is 22.7 Å². The number of nitro benzene ring substituents is 1. The van der Waals surface area contributed by atoms with Gasteiger partial charge in [-0.3, -0.25) is 19.6 Å². The third-order valence-electron chi connectivity index (χ3n) is 4.31. The van der Waals surface area contributed by atoms with Crippen LogP contribution in [0.1, 0.15) is 5.56 Å². The van der Waals surface area contributed by atoms with Gasteiger partial charge in [-0.05, 0) is 61.0 Å². The number of sulfonamides is 1. The fraction of sp³-hybridized carbons (Fsp3) is 0.0952. The molecule has 0 fully saturated rings. The number of amides is 1. The van der Waals surface area contributed by atoms with E-state index in [9.17, 15) is 23.3 Å². The van der Waals surface area contributed by atoms with E-state index in [1.165, 1.54) is 42.5 Å². The largest absolute Gasteiger partial charge is 0.484 e. The molecule has 0 aliphatic heterocycles. The minimum absolute atomic E-state index is 0.0319. The van der Waals surface area contributed by atoms with Crippen molar-refractivity contribution in [2.75, 3.05) is 16.6 Å². The van der Waals surface area contributed by atoms with Crippen molar-refractivity contribution >= 4 is 48.9 Å². The Kier molecular flexibility index (Phi) is 7.11. The molecule has 0 spiro atoms. The van der Waals surface area contributed by atoms with Crippen LogP contribution in [0, 0.1) is 17.0 Å². The number of hydrogen-bond acceptors (Lipinski definition) is 6. The first-order valence-corrected chi connectivity index (χ1v) is 11.5. The Morgan fingerprint density at radius 2 is 1.72 bits per heavy atom. The van der Waals surface area contributed by atoms with Crippen molar-refractivity contribution in [2.45, 2.75) is 11.8 Å². The zero-order chi connectivity index (χ0) is 23.3. The van der Waals surface area contributed by atoms with Crippen LogP contribution >= 0.6 is 15.9 Å². The number of benzene rings is 3. The normalized spacial score (nSPS) is 10.9. The maximum atomic E-state index is 12.5. The van der Waals surface area contributed by atoms with Gasteiger partial charge < -0.3 is 10.1 Å². The van der Waals surface area contributed by atoms with Gasteiger partial charge in [0.1, 0.15) is 5.75 Å². The topological polar surface area (TPSA) is 128 Å². The number of anilines is 2. The molecule has 3 aromatic rings. The molecule has 0 aromatic heterocycles. The highest BCUT2D eigenvalue weighted by molar-refractivity contribution is 9.10. The molecular weight excluding hydrogens is 502 g/mol. The van der Waals surface area contributed by atoms with Crippen LogP contribution in [-0.2, 0) is 14.8 Å². The molecule has 0 saturated carbocycles. The predicted molar refractivity (Wildman–Crippen MR) is 123 cm³/mol. The number of nitrogens with zero attached hydrogens (tertiary/aromatic N) is 1. The molecule has 11 heteroatoms. The summed E-state index contributed by atoms with van der Waals surface area (Å²) in [6.45, 7) is 1.35. The molecule has 32 heavy (non-hydrogen) atoms. The molecule has 0 heterocycles. The zero-order valence-electron chi connectivity index (χ0n) is 16.7. The van der Waals surface area contributed by atoms with Crippen molar-refractivity contribution in [1.82, 2.24) is 0 Å². The van der Waals surface area contributed by atoms with Gasteiger partial charge in [0, 0.05) is 22.3 Å². The third kappa shape index (κ3) is 6.05. The van der Waals surface area contributed by atoms with Crippen LogP contribution in [0.3, 0.4) is 0 Å². The standard InChI is InChI=1S/C21H18BrN3O6S/c1-14-2-7-17(25(27)28)12-20(14)23-21(26)13-31-18-8-10-19(11-9-18)32(29,30)24-16-5-3-15(22)4-6-16/h2-12,24H,13H2,1H3,(H,23,26).